The topological polar surface area (TPSA) is 15.3 Å². The Morgan fingerprint density at radius 1 is 1.20 bits per heavy atom. The second-order valence-corrected chi connectivity index (χ2v) is 5.68. The zero-order valence-corrected chi connectivity index (χ0v) is 10.3. The molecule has 88 valence electrons. The number of rotatable bonds is 6. The molecule has 1 aliphatic heterocycles. The van der Waals surface area contributed by atoms with Crippen LogP contribution in [0.4, 0.5) is 0 Å². The fourth-order valence-electron chi connectivity index (χ4n) is 2.52. The molecule has 0 aromatic heterocycles. The van der Waals surface area contributed by atoms with E-state index < -0.39 is 0 Å². The van der Waals surface area contributed by atoms with Gasteiger partial charge < -0.3 is 10.2 Å². The van der Waals surface area contributed by atoms with Gasteiger partial charge in [-0.2, -0.15) is 0 Å². The Hall–Kier alpha value is -0.0800. The molecule has 2 heteroatoms. The van der Waals surface area contributed by atoms with Gasteiger partial charge in [-0.15, -0.1) is 0 Å². The van der Waals surface area contributed by atoms with E-state index in [0.717, 1.165) is 17.9 Å². The summed E-state index contributed by atoms with van der Waals surface area (Å²) in [6.45, 7) is 9.74. The number of nitrogens with zero attached hydrogens (tertiary/aromatic N) is 1. The van der Waals surface area contributed by atoms with Crippen molar-refractivity contribution in [3.63, 3.8) is 0 Å². The molecule has 1 heterocycles. The molecular formula is C13H26N2. The molecule has 2 rings (SSSR count). The fraction of sp³-hybridized carbons (Fsp3) is 1.00. The van der Waals surface area contributed by atoms with Crippen molar-refractivity contribution in [1.82, 2.24) is 10.2 Å². The van der Waals surface area contributed by atoms with Crippen LogP contribution in [0.1, 0.15) is 39.5 Å². The third kappa shape index (κ3) is 3.76. The van der Waals surface area contributed by atoms with Crippen LogP contribution in [0.15, 0.2) is 0 Å². The Morgan fingerprint density at radius 2 is 2.00 bits per heavy atom. The summed E-state index contributed by atoms with van der Waals surface area (Å²) in [5.41, 5.74) is 0. The van der Waals surface area contributed by atoms with Gasteiger partial charge in [0.05, 0.1) is 0 Å². The highest BCUT2D eigenvalue weighted by atomic mass is 15.2. The van der Waals surface area contributed by atoms with Gasteiger partial charge in [0.25, 0.3) is 0 Å². The fourth-order valence-corrected chi connectivity index (χ4v) is 2.52. The molecule has 1 saturated carbocycles. The maximum absolute atomic E-state index is 3.63. The molecule has 2 nitrogen and oxygen atoms in total. The van der Waals surface area contributed by atoms with Gasteiger partial charge in [-0.1, -0.05) is 12.8 Å². The van der Waals surface area contributed by atoms with Crippen LogP contribution in [0.25, 0.3) is 0 Å². The predicted molar refractivity (Wildman–Crippen MR) is 65.0 cm³/mol. The highest BCUT2D eigenvalue weighted by Crippen LogP contribution is 2.31. The normalized spacial score (nSPS) is 27.8. The van der Waals surface area contributed by atoms with Crippen molar-refractivity contribution in [1.29, 1.82) is 0 Å². The Kier molecular flexibility index (Phi) is 4.04. The van der Waals surface area contributed by atoms with Crippen molar-refractivity contribution < 1.29 is 0 Å². The van der Waals surface area contributed by atoms with Crippen LogP contribution in [0.5, 0.6) is 0 Å². The molecule has 1 saturated heterocycles. The average Bonchev–Trinajstić information content (AvgIpc) is 2.90. The van der Waals surface area contributed by atoms with Crippen molar-refractivity contribution in [2.75, 3.05) is 26.2 Å². The van der Waals surface area contributed by atoms with Gasteiger partial charge in [-0.3, -0.25) is 0 Å². The highest BCUT2D eigenvalue weighted by molar-refractivity contribution is 4.79. The van der Waals surface area contributed by atoms with Gasteiger partial charge in [0, 0.05) is 12.6 Å². The number of nitrogens with one attached hydrogen (secondary N) is 1. The van der Waals surface area contributed by atoms with Crippen LogP contribution in [0.3, 0.4) is 0 Å². The summed E-state index contributed by atoms with van der Waals surface area (Å²) in [4.78, 5) is 2.60. The summed E-state index contributed by atoms with van der Waals surface area (Å²) < 4.78 is 0. The van der Waals surface area contributed by atoms with Crippen LogP contribution in [-0.4, -0.2) is 37.1 Å². The van der Waals surface area contributed by atoms with Gasteiger partial charge in [-0.25, -0.2) is 0 Å². The number of hydrogen-bond acceptors (Lipinski definition) is 2. The quantitative estimate of drug-likeness (QED) is 0.676. The zero-order chi connectivity index (χ0) is 10.7. The molecule has 1 unspecified atom stereocenters. The number of likely N-dealkylation sites (tertiary alicyclic amines) is 1. The predicted octanol–water partition coefficient (Wildman–Crippen LogP) is 2.11. The molecule has 0 radical (unpaired) electrons. The number of hydrogen-bond donors (Lipinski definition) is 1. The average molecular weight is 210 g/mol. The monoisotopic (exact) mass is 210 g/mol. The summed E-state index contributed by atoms with van der Waals surface area (Å²) in [6, 6.07) is 0.737. The first kappa shape index (κ1) is 11.4. The zero-order valence-electron chi connectivity index (χ0n) is 10.3. The second-order valence-electron chi connectivity index (χ2n) is 5.68. The third-order valence-electron chi connectivity index (χ3n) is 3.91. The molecule has 1 atom stereocenters. The van der Waals surface area contributed by atoms with Gasteiger partial charge in [0.1, 0.15) is 0 Å². The Balaban J connectivity index is 1.52. The Labute approximate surface area is 94.4 Å². The van der Waals surface area contributed by atoms with Crippen molar-refractivity contribution in [2.45, 2.75) is 45.6 Å². The summed E-state index contributed by atoms with van der Waals surface area (Å²) in [6.07, 6.45) is 5.80. The van der Waals surface area contributed by atoms with E-state index in [0.29, 0.717) is 0 Å². The van der Waals surface area contributed by atoms with E-state index >= 15 is 0 Å². The van der Waals surface area contributed by atoms with E-state index in [9.17, 15) is 0 Å². The molecule has 2 fully saturated rings. The Bertz CT molecular complexity index is 187. The molecule has 1 N–H and O–H groups in total. The van der Waals surface area contributed by atoms with Gasteiger partial charge in [0.2, 0.25) is 0 Å². The lowest BCUT2D eigenvalue weighted by Crippen LogP contribution is -2.31. The molecule has 0 spiro atoms. The minimum absolute atomic E-state index is 0.737. The first-order chi connectivity index (χ1) is 7.25. The van der Waals surface area contributed by atoms with Crippen LogP contribution < -0.4 is 5.32 Å². The van der Waals surface area contributed by atoms with E-state index in [2.05, 4.69) is 24.1 Å². The Morgan fingerprint density at radius 3 is 2.60 bits per heavy atom. The van der Waals surface area contributed by atoms with E-state index in [-0.39, 0.29) is 0 Å². The lowest BCUT2D eigenvalue weighted by molar-refractivity contribution is 0.264. The summed E-state index contributed by atoms with van der Waals surface area (Å²) >= 11 is 0. The van der Waals surface area contributed by atoms with Crippen LogP contribution in [-0.2, 0) is 0 Å². The first-order valence-corrected chi connectivity index (χ1v) is 6.70. The van der Waals surface area contributed by atoms with E-state index in [1.165, 1.54) is 51.9 Å². The molecule has 1 aliphatic carbocycles. The summed E-state index contributed by atoms with van der Waals surface area (Å²) in [5, 5.41) is 3.63. The third-order valence-corrected chi connectivity index (χ3v) is 3.91. The molecule has 0 amide bonds. The van der Waals surface area contributed by atoms with Crippen molar-refractivity contribution in [2.24, 2.45) is 11.8 Å². The maximum Gasteiger partial charge on any atom is 0.00387 e. The van der Waals surface area contributed by atoms with Crippen molar-refractivity contribution in [3.05, 3.63) is 0 Å². The van der Waals surface area contributed by atoms with Gasteiger partial charge >= 0.3 is 0 Å². The largest absolute Gasteiger partial charge is 0.316 e. The smallest absolute Gasteiger partial charge is 0.00387 e. The molecule has 0 aromatic rings. The molecule has 0 bridgehead atoms. The second kappa shape index (κ2) is 5.31. The molecule has 2 aliphatic rings. The van der Waals surface area contributed by atoms with Gasteiger partial charge in [-0.05, 0) is 58.2 Å². The lowest BCUT2D eigenvalue weighted by Gasteiger charge is -2.20. The van der Waals surface area contributed by atoms with E-state index in [4.69, 9.17) is 0 Å². The van der Waals surface area contributed by atoms with Crippen molar-refractivity contribution in [3.8, 4) is 0 Å². The minimum atomic E-state index is 0.737. The molecule has 15 heavy (non-hydrogen) atoms. The first-order valence-electron chi connectivity index (χ1n) is 6.70. The summed E-state index contributed by atoms with van der Waals surface area (Å²) in [5.74, 6) is 1.99. The standard InChI is InChI=1S/C13H26N2/c1-11(2)15-8-6-13(10-15)9-14-7-5-12-3-4-12/h11-14H,3-10H2,1-2H3. The molecule has 0 aromatic carbocycles. The highest BCUT2D eigenvalue weighted by Gasteiger charge is 2.24. The van der Waals surface area contributed by atoms with Crippen molar-refractivity contribution >= 4 is 0 Å². The van der Waals surface area contributed by atoms with Crippen LogP contribution >= 0.6 is 0 Å². The van der Waals surface area contributed by atoms with Gasteiger partial charge in [0.15, 0.2) is 0 Å². The van der Waals surface area contributed by atoms with E-state index in [1.54, 1.807) is 0 Å². The lowest BCUT2D eigenvalue weighted by atomic mass is 10.1. The maximum atomic E-state index is 3.63. The van der Waals surface area contributed by atoms with E-state index in [1.807, 2.05) is 0 Å². The van der Waals surface area contributed by atoms with Crippen LogP contribution in [0.2, 0.25) is 0 Å². The minimum Gasteiger partial charge on any atom is -0.316 e. The van der Waals surface area contributed by atoms with Crippen LogP contribution in [0, 0.1) is 11.8 Å². The summed E-state index contributed by atoms with van der Waals surface area (Å²) in [7, 11) is 0. The SMILES string of the molecule is CC(C)N1CCC(CNCCC2CC2)C1. The molecular weight excluding hydrogens is 184 g/mol.